The van der Waals surface area contributed by atoms with Crippen molar-refractivity contribution in [3.05, 3.63) is 47.3 Å². The lowest BCUT2D eigenvalue weighted by Gasteiger charge is -2.07. The maximum Gasteiger partial charge on any atom is 0.271 e. The number of benzene rings is 1. The normalized spacial score (nSPS) is 11.1. The Morgan fingerprint density at radius 1 is 1.19 bits per heavy atom. The number of carbonyl (C=O) groups excluding carboxylic acids is 1. The third kappa shape index (κ3) is 4.30. The minimum absolute atomic E-state index is 0.0515. The van der Waals surface area contributed by atoms with E-state index < -0.39 is 10.0 Å². The molecule has 0 aliphatic heterocycles. The largest absolute Gasteiger partial charge is 0.356 e. The number of amides is 1. The Bertz CT molecular complexity index is 692. The topological polar surface area (TPSA) is 75.3 Å². The Hall–Kier alpha value is -1.86. The van der Waals surface area contributed by atoms with Crippen LogP contribution < -0.4 is 10.0 Å². The van der Waals surface area contributed by atoms with E-state index in [4.69, 9.17) is 0 Å². The Labute approximate surface area is 128 Å². The molecule has 0 unspecified atom stereocenters. The number of nitrogens with one attached hydrogen (secondary N) is 2. The number of carbonyl (C=O) groups is 1. The van der Waals surface area contributed by atoms with E-state index in [1.165, 1.54) is 0 Å². The molecule has 0 atom stereocenters. The standard InChI is InChI=1S/C14H16N2O3S2/c1-2-15-13(17)10-11-5-7-12(8-6-11)16-21(18,19)14-4-3-9-20-14/h3-9,16H,2,10H2,1H3,(H,15,17). The number of hydrogen-bond acceptors (Lipinski definition) is 4. The third-order valence-electron chi connectivity index (χ3n) is 2.70. The van der Waals surface area contributed by atoms with Crippen LogP contribution in [-0.2, 0) is 21.2 Å². The van der Waals surface area contributed by atoms with Crippen LogP contribution in [0.15, 0.2) is 46.0 Å². The smallest absolute Gasteiger partial charge is 0.271 e. The summed E-state index contributed by atoms with van der Waals surface area (Å²) < 4.78 is 26.9. The number of sulfonamides is 1. The van der Waals surface area contributed by atoms with Crippen molar-refractivity contribution in [1.82, 2.24) is 5.32 Å². The van der Waals surface area contributed by atoms with Gasteiger partial charge in [0.2, 0.25) is 5.91 Å². The number of thiophene rings is 1. The van der Waals surface area contributed by atoms with Gasteiger partial charge < -0.3 is 5.32 Å². The van der Waals surface area contributed by atoms with Gasteiger partial charge in [0.1, 0.15) is 4.21 Å². The summed E-state index contributed by atoms with van der Waals surface area (Å²) in [6.45, 7) is 2.46. The monoisotopic (exact) mass is 324 g/mol. The average molecular weight is 324 g/mol. The summed E-state index contributed by atoms with van der Waals surface area (Å²) in [5.74, 6) is -0.0515. The van der Waals surface area contributed by atoms with Crippen molar-refractivity contribution in [1.29, 1.82) is 0 Å². The molecule has 112 valence electrons. The highest BCUT2D eigenvalue weighted by Gasteiger charge is 2.14. The molecule has 1 heterocycles. The second-order valence-electron chi connectivity index (χ2n) is 4.36. The summed E-state index contributed by atoms with van der Waals surface area (Å²) in [5.41, 5.74) is 1.31. The highest BCUT2D eigenvalue weighted by atomic mass is 32.2. The summed E-state index contributed by atoms with van der Waals surface area (Å²) in [6, 6.07) is 10.0. The zero-order valence-corrected chi connectivity index (χ0v) is 13.1. The van der Waals surface area contributed by atoms with Gasteiger partial charge in [0.25, 0.3) is 10.0 Å². The molecule has 2 aromatic rings. The molecule has 2 N–H and O–H groups in total. The molecule has 2 rings (SSSR count). The SMILES string of the molecule is CCNC(=O)Cc1ccc(NS(=O)(=O)c2cccs2)cc1. The Morgan fingerprint density at radius 2 is 1.90 bits per heavy atom. The summed E-state index contributed by atoms with van der Waals surface area (Å²) in [7, 11) is -3.53. The summed E-state index contributed by atoms with van der Waals surface area (Å²) in [4.78, 5) is 11.5. The van der Waals surface area contributed by atoms with Gasteiger partial charge in [-0.15, -0.1) is 11.3 Å². The highest BCUT2D eigenvalue weighted by Crippen LogP contribution is 2.20. The molecule has 0 bridgehead atoms. The van der Waals surface area contributed by atoms with Gasteiger partial charge in [-0.05, 0) is 36.1 Å². The van der Waals surface area contributed by atoms with E-state index in [1.54, 1.807) is 41.8 Å². The number of likely N-dealkylation sites (N-methyl/N-ethyl adjacent to an activating group) is 1. The Morgan fingerprint density at radius 3 is 2.48 bits per heavy atom. The average Bonchev–Trinajstić information content (AvgIpc) is 2.96. The molecule has 0 saturated heterocycles. The van der Waals surface area contributed by atoms with Crippen molar-refractivity contribution in [2.75, 3.05) is 11.3 Å². The van der Waals surface area contributed by atoms with Crippen LogP contribution in [0, 0.1) is 0 Å². The van der Waals surface area contributed by atoms with Gasteiger partial charge in [-0.3, -0.25) is 9.52 Å². The first-order valence-corrected chi connectivity index (χ1v) is 8.79. The molecule has 0 spiro atoms. The van der Waals surface area contributed by atoms with Crippen molar-refractivity contribution in [3.63, 3.8) is 0 Å². The molecule has 21 heavy (non-hydrogen) atoms. The van der Waals surface area contributed by atoms with Gasteiger partial charge in [0.15, 0.2) is 0 Å². The van der Waals surface area contributed by atoms with E-state index >= 15 is 0 Å². The quantitative estimate of drug-likeness (QED) is 0.855. The first-order valence-electron chi connectivity index (χ1n) is 6.43. The predicted molar refractivity (Wildman–Crippen MR) is 84.0 cm³/mol. The molecule has 1 aromatic carbocycles. The molecule has 0 aliphatic rings. The fraction of sp³-hybridized carbons (Fsp3) is 0.214. The minimum Gasteiger partial charge on any atom is -0.356 e. The molecule has 1 amide bonds. The van der Waals surface area contributed by atoms with E-state index in [9.17, 15) is 13.2 Å². The lowest BCUT2D eigenvalue weighted by atomic mass is 10.1. The van der Waals surface area contributed by atoms with Gasteiger partial charge in [0.05, 0.1) is 6.42 Å². The zero-order chi connectivity index (χ0) is 15.3. The van der Waals surface area contributed by atoms with E-state index in [2.05, 4.69) is 10.0 Å². The second kappa shape index (κ2) is 6.73. The van der Waals surface area contributed by atoms with Gasteiger partial charge in [-0.1, -0.05) is 18.2 Å². The lowest BCUT2D eigenvalue weighted by molar-refractivity contribution is -0.120. The Balaban J connectivity index is 2.04. The first kappa shape index (κ1) is 15.5. The minimum atomic E-state index is -3.53. The van der Waals surface area contributed by atoms with Gasteiger partial charge in [-0.25, -0.2) is 8.42 Å². The van der Waals surface area contributed by atoms with Crippen molar-refractivity contribution in [2.45, 2.75) is 17.6 Å². The van der Waals surface area contributed by atoms with Crippen LogP contribution in [0.1, 0.15) is 12.5 Å². The molecule has 0 aliphatic carbocycles. The van der Waals surface area contributed by atoms with E-state index in [-0.39, 0.29) is 16.5 Å². The Kier molecular flexibility index (Phi) is 4.98. The fourth-order valence-electron chi connectivity index (χ4n) is 1.76. The van der Waals surface area contributed by atoms with Crippen LogP contribution in [0.4, 0.5) is 5.69 Å². The van der Waals surface area contributed by atoms with Crippen LogP contribution in [0.2, 0.25) is 0 Å². The van der Waals surface area contributed by atoms with Gasteiger partial charge >= 0.3 is 0 Å². The first-order chi connectivity index (χ1) is 10.0. The predicted octanol–water partition coefficient (Wildman–Crippen LogP) is 2.23. The van der Waals surface area contributed by atoms with Crippen molar-refractivity contribution < 1.29 is 13.2 Å². The van der Waals surface area contributed by atoms with E-state index in [0.29, 0.717) is 12.2 Å². The molecule has 0 radical (unpaired) electrons. The van der Waals surface area contributed by atoms with E-state index in [1.807, 2.05) is 6.92 Å². The van der Waals surface area contributed by atoms with Crippen LogP contribution in [-0.4, -0.2) is 20.9 Å². The number of anilines is 1. The molecule has 5 nitrogen and oxygen atoms in total. The molecule has 0 fully saturated rings. The van der Waals surface area contributed by atoms with Crippen molar-refractivity contribution in [2.24, 2.45) is 0 Å². The molecular formula is C14H16N2O3S2. The van der Waals surface area contributed by atoms with Crippen molar-refractivity contribution in [3.8, 4) is 0 Å². The molecule has 0 saturated carbocycles. The van der Waals surface area contributed by atoms with Crippen LogP contribution >= 0.6 is 11.3 Å². The number of hydrogen-bond donors (Lipinski definition) is 2. The van der Waals surface area contributed by atoms with Crippen LogP contribution in [0.3, 0.4) is 0 Å². The van der Waals surface area contributed by atoms with Crippen LogP contribution in [0.25, 0.3) is 0 Å². The number of rotatable bonds is 6. The van der Waals surface area contributed by atoms with Gasteiger partial charge in [0, 0.05) is 12.2 Å². The molecular weight excluding hydrogens is 308 g/mol. The van der Waals surface area contributed by atoms with Gasteiger partial charge in [-0.2, -0.15) is 0 Å². The van der Waals surface area contributed by atoms with Crippen molar-refractivity contribution >= 4 is 33.0 Å². The zero-order valence-electron chi connectivity index (χ0n) is 11.5. The second-order valence-corrected chi connectivity index (χ2v) is 7.22. The maximum atomic E-state index is 12.0. The highest BCUT2D eigenvalue weighted by molar-refractivity contribution is 7.94. The third-order valence-corrected chi connectivity index (χ3v) is 5.48. The fourth-order valence-corrected chi connectivity index (χ4v) is 3.81. The van der Waals surface area contributed by atoms with E-state index in [0.717, 1.165) is 16.9 Å². The van der Waals surface area contributed by atoms with Crippen LogP contribution in [0.5, 0.6) is 0 Å². The summed E-state index contributed by atoms with van der Waals surface area (Å²) >= 11 is 1.16. The summed E-state index contributed by atoms with van der Waals surface area (Å²) in [5, 5.41) is 4.43. The lowest BCUT2D eigenvalue weighted by Crippen LogP contribution is -2.24. The molecule has 7 heteroatoms. The molecule has 1 aromatic heterocycles. The summed E-state index contributed by atoms with van der Waals surface area (Å²) in [6.07, 6.45) is 0.284. The maximum absolute atomic E-state index is 12.0.